The van der Waals surface area contributed by atoms with Crippen molar-refractivity contribution in [3.8, 4) is 0 Å². The molecule has 21 nitrogen and oxygen atoms in total. The summed E-state index contributed by atoms with van der Waals surface area (Å²) in [5.74, 6) is -12.8. The van der Waals surface area contributed by atoms with Crippen LogP contribution in [0.3, 0.4) is 0 Å². The lowest BCUT2D eigenvalue weighted by Gasteiger charge is -2.47. The van der Waals surface area contributed by atoms with Crippen LogP contribution in [0, 0.1) is 35.5 Å². The Labute approximate surface area is 434 Å². The van der Waals surface area contributed by atoms with Crippen LogP contribution in [0.2, 0.25) is 0 Å². The highest BCUT2D eigenvalue weighted by molar-refractivity contribution is 6.39. The predicted octanol–water partition coefficient (Wildman–Crippen LogP) is 3.09. The van der Waals surface area contributed by atoms with Gasteiger partial charge in [-0.25, -0.2) is 9.59 Å². The number of allylic oxidation sites excluding steroid dienone is 3. The van der Waals surface area contributed by atoms with Crippen molar-refractivity contribution in [1.82, 2.24) is 4.90 Å². The summed E-state index contributed by atoms with van der Waals surface area (Å²) >= 11 is 0. The Morgan fingerprint density at radius 2 is 1.54 bits per heavy atom. The van der Waals surface area contributed by atoms with Gasteiger partial charge in [0.05, 0.1) is 24.7 Å². The molecule has 1 saturated carbocycles. The van der Waals surface area contributed by atoms with Gasteiger partial charge in [-0.2, -0.15) is 0 Å². The normalized spacial score (nSPS) is 39.6. The van der Waals surface area contributed by atoms with E-state index in [9.17, 15) is 48.9 Å². The van der Waals surface area contributed by atoms with Gasteiger partial charge in [-0.3, -0.25) is 24.0 Å². The number of ketones is 2. The van der Waals surface area contributed by atoms with Gasteiger partial charge in [-0.1, -0.05) is 52.3 Å². The fraction of sp³-hybridized carbons (Fsp3) is 0.792. The number of fused-ring (bicyclic) bond motifs is 3. The van der Waals surface area contributed by atoms with E-state index in [1.165, 1.54) is 14.2 Å². The average molecular weight is 1050 g/mol. The Bertz CT molecular complexity index is 2060. The number of Topliss-reactive ketones (excluding diaryl/α,β-unsaturated/α-hetero) is 2. The minimum atomic E-state index is -2.61. The van der Waals surface area contributed by atoms with Crippen LogP contribution in [0.4, 0.5) is 0 Å². The maximum absolute atomic E-state index is 14.9. The minimum Gasteiger partial charge on any atom is -0.481 e. The van der Waals surface area contributed by atoms with Gasteiger partial charge in [0, 0.05) is 52.0 Å². The SMILES string of the molecule is CC[C@@H]1/C=C(\C)C[C@H](C)C[C@H](OC)[C@H]2O[C@@](O)(C(=O)C(=O)N3CCCC[C@H]3C(=O)O[C@H](/C(C)=C/[C@@H]3CC[C@@H](C)[C@H](OC)C3)[C@H](C)[C@@H](OC(=O)[C@H]3O[C@@H](OC(=O)[C@H](N)CC(=O)O)[C@H](O)[C@@H]3O)CC1=O)[C@H](C)C[C@@H]2OC. The number of aliphatic hydroxyl groups is 3. The Kier molecular flexibility index (Phi) is 21.9. The number of carboxylic acids is 1. The van der Waals surface area contributed by atoms with E-state index in [4.69, 9.17) is 48.7 Å². The number of carboxylic acid groups (broad SMARTS) is 1. The Hall–Kier alpha value is -4.19. The molecule has 0 aromatic rings. The number of carbonyl (C=O) groups is 7. The number of piperidine rings is 1. The highest BCUT2D eigenvalue weighted by Gasteiger charge is 2.57. The molecular formula is C53H82N2O19. The number of hydrogen-bond donors (Lipinski definition) is 5. The van der Waals surface area contributed by atoms with Gasteiger partial charge in [0.2, 0.25) is 12.1 Å². The molecular weight excluding hydrogens is 969 g/mol. The minimum absolute atomic E-state index is 0.0261. The summed E-state index contributed by atoms with van der Waals surface area (Å²) in [6.45, 7) is 12.7. The summed E-state index contributed by atoms with van der Waals surface area (Å²) in [5.41, 5.74) is 7.01. The fourth-order valence-electron chi connectivity index (χ4n) is 11.4. The molecule has 0 aromatic heterocycles. The van der Waals surface area contributed by atoms with Crippen LogP contribution < -0.4 is 5.73 Å². The molecule has 4 heterocycles. The van der Waals surface area contributed by atoms with Gasteiger partial charge in [0.1, 0.15) is 48.4 Å². The van der Waals surface area contributed by atoms with Gasteiger partial charge in [0.15, 0.2) is 6.10 Å². The van der Waals surface area contributed by atoms with Crippen molar-refractivity contribution >= 4 is 41.4 Å². The number of methoxy groups -OCH3 is 3. The number of rotatable bonds is 12. The maximum atomic E-state index is 14.9. The molecule has 0 spiro atoms. The number of aliphatic carboxylic acids is 1. The van der Waals surface area contributed by atoms with E-state index in [1.54, 1.807) is 27.9 Å². The zero-order valence-corrected chi connectivity index (χ0v) is 44.7. The van der Waals surface area contributed by atoms with Crippen molar-refractivity contribution in [2.75, 3.05) is 27.9 Å². The van der Waals surface area contributed by atoms with Crippen molar-refractivity contribution in [3.05, 3.63) is 23.3 Å². The molecule has 5 aliphatic rings. The lowest BCUT2D eigenvalue weighted by Crippen LogP contribution is -2.64. The second-order valence-electron chi connectivity index (χ2n) is 21.5. The second kappa shape index (κ2) is 26.7. The quantitative estimate of drug-likeness (QED) is 0.0812. The number of ether oxygens (including phenoxy) is 8. The van der Waals surface area contributed by atoms with Crippen LogP contribution in [0.25, 0.3) is 0 Å². The first-order chi connectivity index (χ1) is 34.9. The molecule has 1 amide bonds. The van der Waals surface area contributed by atoms with Crippen molar-refractivity contribution in [2.45, 2.75) is 205 Å². The third-order valence-electron chi connectivity index (χ3n) is 15.9. The van der Waals surface area contributed by atoms with E-state index in [-0.39, 0.29) is 49.0 Å². The zero-order valence-electron chi connectivity index (χ0n) is 44.7. The molecule has 0 aromatic carbocycles. The number of esters is 3. The molecule has 6 N–H and O–H groups in total. The summed E-state index contributed by atoms with van der Waals surface area (Å²) in [7, 11) is 4.62. The van der Waals surface area contributed by atoms with E-state index in [0.717, 1.165) is 23.3 Å². The monoisotopic (exact) mass is 1050 g/mol. The van der Waals surface area contributed by atoms with Crippen LogP contribution >= 0.6 is 0 Å². The Balaban J connectivity index is 1.60. The summed E-state index contributed by atoms with van der Waals surface area (Å²) in [4.78, 5) is 97.8. The van der Waals surface area contributed by atoms with Gasteiger partial charge >= 0.3 is 23.9 Å². The second-order valence-corrected chi connectivity index (χ2v) is 21.5. The standard InChI is InChI=1S/C53H82N2O19/c1-11-33-19-26(2)18-27(3)20-39(68-9)45-40(69-10)22-30(6)53(66,74-45)47(61)48(62)55-17-13-12-14-35(55)50(64)71-44(29(5)21-32-16-15-28(4)37(23-32)67-8)31(7)38(25-36(33)56)70-51(65)46-42(59)43(60)52(72-46)73-49(63)34(54)24-41(57)58/h19,21,27-28,30-35,37-40,42-46,52,59-60,66H,11-18,20,22-25,54H2,1-10H3,(H,57,58)/b26-19+,29-21+/t27-,28+,30+,31+,32-,33+,34+,35-,37+,38-,39-,40-,42-,43+,44+,45+,46-,52-,53+/m0/s1. The number of nitrogens with zero attached hydrogens (tertiary/aromatic N) is 1. The fourth-order valence-corrected chi connectivity index (χ4v) is 11.4. The smallest absolute Gasteiger partial charge is 0.338 e. The van der Waals surface area contributed by atoms with E-state index >= 15 is 0 Å². The third kappa shape index (κ3) is 14.4. The third-order valence-corrected chi connectivity index (χ3v) is 15.9. The lowest BCUT2D eigenvalue weighted by molar-refractivity contribution is -0.302. The highest BCUT2D eigenvalue weighted by Crippen LogP contribution is 2.40. The highest BCUT2D eigenvalue weighted by atomic mass is 16.7. The lowest BCUT2D eigenvalue weighted by atomic mass is 9.79. The van der Waals surface area contributed by atoms with Gasteiger partial charge in [-0.05, 0) is 101 Å². The number of hydrogen-bond acceptors (Lipinski definition) is 19. The molecule has 0 radical (unpaired) electrons. The zero-order chi connectivity index (χ0) is 54.9. The van der Waals surface area contributed by atoms with E-state index in [2.05, 4.69) is 6.92 Å². The van der Waals surface area contributed by atoms with Crippen LogP contribution in [-0.4, -0.2) is 174 Å². The summed E-state index contributed by atoms with van der Waals surface area (Å²) < 4.78 is 47.0. The average Bonchev–Trinajstić information content (AvgIpc) is 3.64. The molecule has 74 heavy (non-hydrogen) atoms. The number of nitrogens with two attached hydrogens (primary N) is 1. The predicted molar refractivity (Wildman–Crippen MR) is 262 cm³/mol. The van der Waals surface area contributed by atoms with Crippen molar-refractivity contribution in [3.63, 3.8) is 0 Å². The van der Waals surface area contributed by atoms with Crippen LogP contribution in [-0.2, 0) is 71.5 Å². The number of amides is 1. The largest absolute Gasteiger partial charge is 0.481 e. The molecule has 19 atom stereocenters. The molecule has 2 bridgehead atoms. The van der Waals surface area contributed by atoms with E-state index in [1.807, 2.05) is 32.9 Å². The van der Waals surface area contributed by atoms with Crippen molar-refractivity contribution in [1.29, 1.82) is 0 Å². The van der Waals surface area contributed by atoms with Gasteiger partial charge in [0.25, 0.3) is 11.7 Å². The topological polar surface area (TPSA) is 304 Å². The summed E-state index contributed by atoms with van der Waals surface area (Å²) in [6, 6.07) is -2.98. The van der Waals surface area contributed by atoms with Crippen LogP contribution in [0.1, 0.15) is 126 Å². The number of aliphatic hydroxyl groups excluding tert-OH is 2. The first kappa shape index (κ1) is 60.7. The molecule has 418 valence electrons. The van der Waals surface area contributed by atoms with E-state index < -0.39 is 139 Å². The van der Waals surface area contributed by atoms with Crippen molar-refractivity contribution in [2.24, 2.45) is 41.2 Å². The number of cyclic esters (lactones) is 1. The summed E-state index contributed by atoms with van der Waals surface area (Å²) in [5, 5.41) is 43.3. The van der Waals surface area contributed by atoms with Crippen LogP contribution in [0.15, 0.2) is 23.3 Å². The molecule has 4 aliphatic heterocycles. The molecule has 1 aliphatic carbocycles. The van der Waals surface area contributed by atoms with E-state index in [0.29, 0.717) is 44.1 Å². The maximum Gasteiger partial charge on any atom is 0.338 e. The Morgan fingerprint density at radius 1 is 0.878 bits per heavy atom. The molecule has 21 heteroatoms. The molecule has 3 saturated heterocycles. The summed E-state index contributed by atoms with van der Waals surface area (Å²) in [6.07, 6.45) is -5.93. The molecule has 0 unspecified atom stereocenters. The number of carbonyl (C=O) groups excluding carboxylic acids is 6. The van der Waals surface area contributed by atoms with Crippen LogP contribution in [0.5, 0.6) is 0 Å². The van der Waals surface area contributed by atoms with Gasteiger partial charge in [-0.15, -0.1) is 0 Å². The molecule has 4 fully saturated rings. The Morgan fingerprint density at radius 3 is 2.18 bits per heavy atom. The molecule has 5 rings (SSSR count). The first-order valence-corrected chi connectivity index (χ1v) is 26.2. The first-order valence-electron chi connectivity index (χ1n) is 26.2. The van der Waals surface area contributed by atoms with Gasteiger partial charge < -0.3 is 69.0 Å². The van der Waals surface area contributed by atoms with Crippen molar-refractivity contribution < 1.29 is 91.9 Å².